The van der Waals surface area contributed by atoms with Crippen LogP contribution in [0.25, 0.3) is 0 Å². The fraction of sp³-hybridized carbons (Fsp3) is 0.333. The van der Waals surface area contributed by atoms with Crippen LogP contribution < -0.4 is 39.6 Å². The van der Waals surface area contributed by atoms with Crippen molar-refractivity contribution in [3.63, 3.8) is 0 Å². The van der Waals surface area contributed by atoms with E-state index in [2.05, 4.69) is 17.0 Å². The second kappa shape index (κ2) is 9.07. The van der Waals surface area contributed by atoms with E-state index in [1.807, 2.05) is 32.3 Å². The smallest absolute Gasteiger partial charge is 0.857 e. The fourth-order valence-corrected chi connectivity index (χ4v) is 0.726. The summed E-state index contributed by atoms with van der Waals surface area (Å²) in [6.45, 7) is 0. The van der Waals surface area contributed by atoms with Crippen LogP contribution in [0.5, 0.6) is 0 Å². The zero-order valence-corrected chi connectivity index (χ0v) is 10.2. The topological polar surface area (TPSA) is 26.3 Å². The van der Waals surface area contributed by atoms with Crippen molar-refractivity contribution in [1.82, 2.24) is 0 Å². The van der Waals surface area contributed by atoms with Crippen LogP contribution in [0.3, 0.4) is 0 Å². The van der Waals surface area contributed by atoms with Crippen molar-refractivity contribution >= 4 is 5.69 Å². The summed E-state index contributed by atoms with van der Waals surface area (Å²) in [7, 11) is 4.82. The van der Waals surface area contributed by atoms with Crippen molar-refractivity contribution in [2.75, 3.05) is 26.1 Å². The molecule has 0 bridgehead atoms. The molecule has 0 aliphatic rings. The molecule has 0 amide bonds. The largest absolute Gasteiger partial charge is 1.00 e. The van der Waals surface area contributed by atoms with Gasteiger partial charge in [0.2, 0.25) is 0 Å². The van der Waals surface area contributed by atoms with E-state index in [1.165, 1.54) is 5.69 Å². The fourth-order valence-electron chi connectivity index (χ4n) is 0.726. The summed E-state index contributed by atoms with van der Waals surface area (Å²) in [5.41, 5.74) is 1.25. The van der Waals surface area contributed by atoms with E-state index in [-0.39, 0.29) is 29.6 Å². The third-order valence-electron chi connectivity index (χ3n) is 1.27. The average Bonchev–Trinajstić information content (AvgIpc) is 2.10. The van der Waals surface area contributed by atoms with E-state index in [9.17, 15) is 0 Å². The molecule has 0 saturated carbocycles. The molecule has 1 aromatic carbocycles. The van der Waals surface area contributed by atoms with E-state index in [0.29, 0.717) is 0 Å². The van der Waals surface area contributed by atoms with E-state index in [4.69, 9.17) is 5.11 Å². The summed E-state index contributed by atoms with van der Waals surface area (Å²) in [5, 5.41) is 8.25. The molecular weight excluding hydrogens is 161 g/mol. The van der Waals surface area contributed by atoms with Gasteiger partial charge in [-0.05, 0) is 12.1 Å². The standard InChI is InChI=1S/C8H11N.CH3O.Na/c1-9(2)8-6-4-3-5-7-8;1-2;/h3-7H,1-2H3;1H3;/q;-1;+1. The number of anilines is 1. The molecular formula is C9H14NNaO. The Bertz CT molecular complexity index is 177. The molecule has 0 fully saturated rings. The van der Waals surface area contributed by atoms with Crippen LogP contribution in [0.1, 0.15) is 0 Å². The molecule has 0 aromatic heterocycles. The predicted molar refractivity (Wildman–Crippen MR) is 46.7 cm³/mol. The van der Waals surface area contributed by atoms with Gasteiger partial charge in [-0.2, -0.15) is 7.11 Å². The van der Waals surface area contributed by atoms with Gasteiger partial charge in [0.05, 0.1) is 0 Å². The van der Waals surface area contributed by atoms with E-state index >= 15 is 0 Å². The first-order chi connectivity index (χ1) is 5.30. The minimum Gasteiger partial charge on any atom is -0.857 e. The molecule has 0 unspecified atom stereocenters. The summed E-state index contributed by atoms with van der Waals surface area (Å²) in [5.74, 6) is 0. The van der Waals surface area contributed by atoms with Crippen molar-refractivity contribution in [3.8, 4) is 0 Å². The van der Waals surface area contributed by atoms with Gasteiger partial charge in [-0.3, -0.25) is 0 Å². The molecule has 1 rings (SSSR count). The van der Waals surface area contributed by atoms with Gasteiger partial charge in [0.1, 0.15) is 0 Å². The molecule has 3 heteroatoms. The second-order valence-corrected chi connectivity index (χ2v) is 2.23. The molecule has 12 heavy (non-hydrogen) atoms. The predicted octanol–water partition coefficient (Wildman–Crippen LogP) is -2.27. The normalized spacial score (nSPS) is 7.33. The maximum absolute atomic E-state index is 8.25. The minimum absolute atomic E-state index is 0. The van der Waals surface area contributed by atoms with Crippen LogP contribution in [0.15, 0.2) is 30.3 Å². The summed E-state index contributed by atoms with van der Waals surface area (Å²) in [6, 6.07) is 10.3. The van der Waals surface area contributed by atoms with Crippen LogP contribution in [0.4, 0.5) is 5.69 Å². The van der Waals surface area contributed by atoms with Gasteiger partial charge in [0.15, 0.2) is 0 Å². The maximum atomic E-state index is 8.25. The van der Waals surface area contributed by atoms with E-state index < -0.39 is 0 Å². The van der Waals surface area contributed by atoms with Crippen molar-refractivity contribution in [2.24, 2.45) is 0 Å². The van der Waals surface area contributed by atoms with E-state index in [0.717, 1.165) is 7.11 Å². The van der Waals surface area contributed by atoms with Crippen LogP contribution in [0.2, 0.25) is 0 Å². The Kier molecular flexibility index (Phi) is 11.0. The van der Waals surface area contributed by atoms with Gasteiger partial charge >= 0.3 is 29.6 Å². The van der Waals surface area contributed by atoms with Crippen LogP contribution >= 0.6 is 0 Å². The molecule has 0 atom stereocenters. The van der Waals surface area contributed by atoms with Crippen molar-refractivity contribution in [1.29, 1.82) is 0 Å². The molecule has 0 saturated heterocycles. The Balaban J connectivity index is 0. The molecule has 1 aromatic rings. The zero-order valence-electron chi connectivity index (χ0n) is 8.24. The number of rotatable bonds is 1. The Morgan fingerprint density at radius 2 is 1.42 bits per heavy atom. The average molecular weight is 175 g/mol. The van der Waals surface area contributed by atoms with Gasteiger partial charge in [0.25, 0.3) is 0 Å². The molecule has 0 heterocycles. The number of hydrogen-bond acceptors (Lipinski definition) is 2. The molecule has 0 aliphatic heterocycles. The summed E-state index contributed by atoms with van der Waals surface area (Å²) >= 11 is 0. The van der Waals surface area contributed by atoms with Gasteiger partial charge < -0.3 is 10.0 Å². The number of nitrogens with zero attached hydrogens (tertiary/aromatic N) is 1. The summed E-state index contributed by atoms with van der Waals surface area (Å²) in [6.07, 6.45) is 0. The van der Waals surface area contributed by atoms with Gasteiger partial charge in [0, 0.05) is 19.8 Å². The molecule has 0 N–H and O–H groups in total. The molecule has 0 aliphatic carbocycles. The third kappa shape index (κ3) is 5.61. The first-order valence-electron chi connectivity index (χ1n) is 3.44. The summed E-state index contributed by atoms with van der Waals surface area (Å²) < 4.78 is 0. The first-order valence-corrected chi connectivity index (χ1v) is 3.44. The van der Waals surface area contributed by atoms with Crippen molar-refractivity contribution in [2.45, 2.75) is 0 Å². The van der Waals surface area contributed by atoms with Crippen LogP contribution in [-0.4, -0.2) is 21.2 Å². The SMILES string of the molecule is CN(C)c1ccccc1.C[O-].[Na+]. The number of para-hydroxylation sites is 1. The molecule has 2 nitrogen and oxygen atoms in total. The maximum Gasteiger partial charge on any atom is 1.00 e. The molecule has 0 radical (unpaired) electrons. The quantitative estimate of drug-likeness (QED) is 0.450. The second-order valence-electron chi connectivity index (χ2n) is 2.23. The number of benzene rings is 1. The van der Waals surface area contributed by atoms with Crippen LogP contribution in [0, 0.1) is 0 Å². The van der Waals surface area contributed by atoms with Gasteiger partial charge in [-0.1, -0.05) is 18.2 Å². The first kappa shape index (κ1) is 14.5. The Hall–Kier alpha value is -0.0200. The minimum atomic E-state index is 0. The monoisotopic (exact) mass is 175 g/mol. The Morgan fingerprint density at radius 3 is 1.67 bits per heavy atom. The van der Waals surface area contributed by atoms with Crippen LogP contribution in [-0.2, 0) is 0 Å². The van der Waals surface area contributed by atoms with Crippen molar-refractivity contribution in [3.05, 3.63) is 30.3 Å². The van der Waals surface area contributed by atoms with Gasteiger partial charge in [-0.15, -0.1) is 0 Å². The van der Waals surface area contributed by atoms with E-state index in [1.54, 1.807) is 0 Å². The third-order valence-corrected chi connectivity index (χ3v) is 1.27. The summed E-state index contributed by atoms with van der Waals surface area (Å²) in [4.78, 5) is 2.08. The zero-order chi connectivity index (χ0) is 8.69. The van der Waals surface area contributed by atoms with Crippen molar-refractivity contribution < 1.29 is 34.7 Å². The molecule has 62 valence electrons. The Morgan fingerprint density at radius 1 is 1.00 bits per heavy atom. The number of hydrogen-bond donors (Lipinski definition) is 0. The van der Waals surface area contributed by atoms with Gasteiger partial charge in [-0.25, -0.2) is 0 Å². The molecule has 0 spiro atoms. The Labute approximate surface area is 96.5 Å².